The van der Waals surface area contributed by atoms with E-state index in [1.54, 1.807) is 0 Å². The van der Waals surface area contributed by atoms with Gasteiger partial charge in [-0.15, -0.1) is 0 Å². The van der Waals surface area contributed by atoms with Gasteiger partial charge in [0.2, 0.25) is 0 Å². The number of anilines is 1. The highest BCUT2D eigenvalue weighted by Gasteiger charge is 2.20. The number of hydrogen-bond acceptors (Lipinski definition) is 2. The van der Waals surface area contributed by atoms with Crippen molar-refractivity contribution in [2.45, 2.75) is 38.6 Å². The van der Waals surface area contributed by atoms with Crippen LogP contribution in [0, 0.1) is 5.92 Å². The first-order valence-electron chi connectivity index (χ1n) is 7.47. The summed E-state index contributed by atoms with van der Waals surface area (Å²) in [5.41, 5.74) is 2.93. The fraction of sp³-hybridized carbons (Fsp3) is 0.625. The van der Waals surface area contributed by atoms with E-state index in [4.69, 9.17) is 0 Å². The second-order valence-corrected chi connectivity index (χ2v) is 5.76. The monoisotopic (exact) mass is 244 g/mol. The summed E-state index contributed by atoms with van der Waals surface area (Å²) in [4.78, 5) is 2.62. The van der Waals surface area contributed by atoms with Crippen LogP contribution in [-0.2, 0) is 6.54 Å². The largest absolute Gasteiger partial charge is 0.370 e. The Balaban J connectivity index is 1.74. The van der Waals surface area contributed by atoms with Gasteiger partial charge in [-0.2, -0.15) is 0 Å². The lowest BCUT2D eigenvalue weighted by molar-refractivity contribution is 0.358. The van der Waals surface area contributed by atoms with Gasteiger partial charge in [0.15, 0.2) is 0 Å². The van der Waals surface area contributed by atoms with Crippen LogP contribution in [0.15, 0.2) is 24.3 Å². The molecule has 18 heavy (non-hydrogen) atoms. The van der Waals surface area contributed by atoms with Crippen LogP contribution in [0.2, 0.25) is 0 Å². The Morgan fingerprint density at radius 1 is 1.11 bits per heavy atom. The van der Waals surface area contributed by atoms with Crippen molar-refractivity contribution >= 4 is 5.69 Å². The molecule has 1 aliphatic heterocycles. The summed E-state index contributed by atoms with van der Waals surface area (Å²) in [5.74, 6) is 0.921. The molecule has 1 aliphatic carbocycles. The van der Waals surface area contributed by atoms with Gasteiger partial charge in [-0.1, -0.05) is 37.5 Å². The van der Waals surface area contributed by atoms with Crippen molar-refractivity contribution in [3.05, 3.63) is 29.8 Å². The summed E-state index contributed by atoms with van der Waals surface area (Å²) in [6, 6.07) is 8.90. The molecule has 1 aromatic rings. The molecule has 1 aromatic carbocycles. The van der Waals surface area contributed by atoms with Crippen LogP contribution < -0.4 is 10.2 Å². The molecular formula is C16H24N2. The van der Waals surface area contributed by atoms with E-state index in [1.807, 2.05) is 0 Å². The van der Waals surface area contributed by atoms with Crippen LogP contribution in [0.5, 0.6) is 0 Å². The Morgan fingerprint density at radius 3 is 2.83 bits per heavy atom. The van der Waals surface area contributed by atoms with E-state index < -0.39 is 0 Å². The van der Waals surface area contributed by atoms with E-state index in [0.29, 0.717) is 0 Å². The smallest absolute Gasteiger partial charge is 0.0412 e. The van der Waals surface area contributed by atoms with Crippen LogP contribution >= 0.6 is 0 Å². The first kappa shape index (κ1) is 12.0. The number of fused-ring (bicyclic) bond motifs is 1. The number of nitrogens with zero attached hydrogens (tertiary/aromatic N) is 1. The fourth-order valence-corrected chi connectivity index (χ4v) is 3.40. The van der Waals surface area contributed by atoms with Crippen molar-refractivity contribution < 1.29 is 0 Å². The van der Waals surface area contributed by atoms with E-state index >= 15 is 0 Å². The first-order valence-corrected chi connectivity index (χ1v) is 7.47. The summed E-state index contributed by atoms with van der Waals surface area (Å²) in [5, 5.41) is 3.53. The van der Waals surface area contributed by atoms with Crippen molar-refractivity contribution in [3.8, 4) is 0 Å². The zero-order valence-corrected chi connectivity index (χ0v) is 11.2. The second kappa shape index (κ2) is 5.75. The van der Waals surface area contributed by atoms with Gasteiger partial charge in [0.05, 0.1) is 0 Å². The number of para-hydroxylation sites is 1. The lowest BCUT2D eigenvalue weighted by Crippen LogP contribution is -2.34. The third kappa shape index (κ3) is 2.69. The topological polar surface area (TPSA) is 15.3 Å². The third-order valence-corrected chi connectivity index (χ3v) is 4.41. The third-order valence-electron chi connectivity index (χ3n) is 4.41. The van der Waals surface area contributed by atoms with Gasteiger partial charge in [0.1, 0.15) is 0 Å². The van der Waals surface area contributed by atoms with Gasteiger partial charge < -0.3 is 10.2 Å². The molecule has 1 heterocycles. The lowest BCUT2D eigenvalue weighted by Gasteiger charge is -2.31. The minimum Gasteiger partial charge on any atom is -0.370 e. The van der Waals surface area contributed by atoms with Crippen molar-refractivity contribution in [2.75, 3.05) is 24.5 Å². The second-order valence-electron chi connectivity index (χ2n) is 5.76. The zero-order valence-electron chi connectivity index (χ0n) is 11.2. The predicted octanol–water partition coefficient (Wildman–Crippen LogP) is 3.18. The molecule has 2 heteroatoms. The molecule has 2 aliphatic rings. The van der Waals surface area contributed by atoms with Crippen LogP contribution in [0.25, 0.3) is 0 Å². The quantitative estimate of drug-likeness (QED) is 0.859. The minimum absolute atomic E-state index is 0.921. The van der Waals surface area contributed by atoms with Gasteiger partial charge in [-0.25, -0.2) is 0 Å². The van der Waals surface area contributed by atoms with Gasteiger partial charge in [0, 0.05) is 31.9 Å². The first-order chi connectivity index (χ1) is 8.93. The number of rotatable bonds is 2. The van der Waals surface area contributed by atoms with E-state index in [0.717, 1.165) is 25.6 Å². The molecule has 0 amide bonds. The van der Waals surface area contributed by atoms with Crippen LogP contribution in [-0.4, -0.2) is 19.6 Å². The average Bonchev–Trinajstić information content (AvgIpc) is 2.63. The van der Waals surface area contributed by atoms with Crippen molar-refractivity contribution in [3.63, 3.8) is 0 Å². The summed E-state index contributed by atoms with van der Waals surface area (Å²) < 4.78 is 0. The maximum Gasteiger partial charge on any atom is 0.0412 e. The van der Waals surface area contributed by atoms with Gasteiger partial charge in [0.25, 0.3) is 0 Å². The molecule has 2 nitrogen and oxygen atoms in total. The van der Waals surface area contributed by atoms with Gasteiger partial charge >= 0.3 is 0 Å². The molecule has 0 radical (unpaired) electrons. The number of hydrogen-bond donors (Lipinski definition) is 1. The maximum atomic E-state index is 3.53. The summed E-state index contributed by atoms with van der Waals surface area (Å²) >= 11 is 0. The molecular weight excluding hydrogens is 220 g/mol. The van der Waals surface area contributed by atoms with Crippen LogP contribution in [0.1, 0.15) is 37.7 Å². The Bertz CT molecular complexity index is 382. The molecule has 0 unspecified atom stereocenters. The number of benzene rings is 1. The normalized spacial score (nSPS) is 21.4. The zero-order chi connectivity index (χ0) is 12.2. The Kier molecular flexibility index (Phi) is 3.84. The van der Waals surface area contributed by atoms with Crippen molar-refractivity contribution in [1.82, 2.24) is 5.32 Å². The highest BCUT2D eigenvalue weighted by Crippen LogP contribution is 2.28. The van der Waals surface area contributed by atoms with Crippen LogP contribution in [0.4, 0.5) is 5.69 Å². The van der Waals surface area contributed by atoms with E-state index in [-0.39, 0.29) is 0 Å². The Hall–Kier alpha value is -1.02. The Labute approximate surface area is 110 Å². The van der Waals surface area contributed by atoms with Crippen molar-refractivity contribution in [2.24, 2.45) is 5.92 Å². The summed E-state index contributed by atoms with van der Waals surface area (Å²) in [6.07, 6.45) is 7.21. The molecule has 1 N–H and O–H groups in total. The van der Waals surface area contributed by atoms with Gasteiger partial charge in [-0.05, 0) is 30.4 Å². The molecule has 0 atom stereocenters. The molecule has 98 valence electrons. The van der Waals surface area contributed by atoms with Crippen LogP contribution in [0.3, 0.4) is 0 Å². The summed E-state index contributed by atoms with van der Waals surface area (Å²) in [7, 11) is 0. The minimum atomic E-state index is 0.921. The van der Waals surface area contributed by atoms with Crippen molar-refractivity contribution in [1.29, 1.82) is 0 Å². The highest BCUT2D eigenvalue weighted by molar-refractivity contribution is 5.54. The highest BCUT2D eigenvalue weighted by atomic mass is 15.2. The molecule has 1 saturated carbocycles. The van der Waals surface area contributed by atoms with E-state index in [1.165, 1.54) is 49.9 Å². The summed E-state index contributed by atoms with van der Waals surface area (Å²) in [6.45, 7) is 4.56. The number of nitrogens with one attached hydrogen (secondary N) is 1. The molecule has 3 rings (SSSR count). The van der Waals surface area contributed by atoms with E-state index in [2.05, 4.69) is 34.5 Å². The molecule has 0 spiro atoms. The molecule has 0 bridgehead atoms. The SMILES string of the molecule is c1ccc2c(c1)CNCCN2CC1CCCCC1. The lowest BCUT2D eigenvalue weighted by atomic mass is 9.89. The predicted molar refractivity (Wildman–Crippen MR) is 76.9 cm³/mol. The maximum absolute atomic E-state index is 3.53. The molecule has 1 fully saturated rings. The standard InChI is InChI=1S/C16H24N2/c1-2-6-14(7-3-1)13-18-11-10-17-12-15-8-4-5-9-16(15)18/h4-5,8-9,14,17H,1-3,6-7,10-13H2. The average molecular weight is 244 g/mol. The fourth-order valence-electron chi connectivity index (χ4n) is 3.40. The Morgan fingerprint density at radius 2 is 1.94 bits per heavy atom. The molecule has 0 saturated heterocycles. The van der Waals surface area contributed by atoms with Gasteiger partial charge in [-0.3, -0.25) is 0 Å². The molecule has 0 aromatic heterocycles. The van der Waals surface area contributed by atoms with E-state index in [9.17, 15) is 0 Å².